The van der Waals surface area contributed by atoms with Crippen molar-refractivity contribution in [2.45, 2.75) is 6.10 Å². The Hall–Kier alpha value is -2.13. The van der Waals surface area contributed by atoms with Gasteiger partial charge in [-0.15, -0.1) is 0 Å². The molecule has 0 amide bonds. The van der Waals surface area contributed by atoms with Gasteiger partial charge in [0.25, 0.3) is 0 Å². The van der Waals surface area contributed by atoms with E-state index in [2.05, 4.69) is 16.4 Å². The highest BCUT2D eigenvalue weighted by atomic mass is 16.3. The highest BCUT2D eigenvalue weighted by molar-refractivity contribution is 6.16. The number of rotatable bonds is 1. The number of nitrogens with one attached hydrogen (secondary N) is 1. The summed E-state index contributed by atoms with van der Waals surface area (Å²) in [5.41, 5.74) is 4.11. The molecular formula is C16H16N2O. The summed E-state index contributed by atoms with van der Waals surface area (Å²) in [6.45, 7) is 0.953. The number of anilines is 1. The first-order valence-electron chi connectivity index (χ1n) is 6.46. The molecule has 2 N–H and O–H groups in total. The molecule has 3 rings (SSSR count). The normalized spacial score (nSPS) is 18.6. The topological polar surface area (TPSA) is 44.6 Å². The second-order valence-electron chi connectivity index (χ2n) is 4.64. The van der Waals surface area contributed by atoms with Crippen molar-refractivity contribution in [3.63, 3.8) is 0 Å². The lowest BCUT2D eigenvalue weighted by molar-refractivity contribution is 0.196. The number of aliphatic imine (C=N–C) groups is 1. The molecule has 0 spiro atoms. The van der Waals surface area contributed by atoms with Gasteiger partial charge in [0.1, 0.15) is 0 Å². The van der Waals surface area contributed by atoms with E-state index in [0.717, 1.165) is 22.5 Å². The molecule has 2 aromatic rings. The van der Waals surface area contributed by atoms with Crippen molar-refractivity contribution in [1.29, 1.82) is 0 Å². The molecule has 3 nitrogen and oxygen atoms in total. The average Bonchev–Trinajstić information content (AvgIpc) is 2.45. The first-order valence-corrected chi connectivity index (χ1v) is 6.46. The van der Waals surface area contributed by atoms with E-state index < -0.39 is 6.10 Å². The smallest absolute Gasteiger partial charge is 0.0907 e. The highest BCUT2D eigenvalue weighted by Gasteiger charge is 2.15. The summed E-state index contributed by atoms with van der Waals surface area (Å²) in [5.74, 6) is 0. The Kier molecular flexibility index (Phi) is 3.29. The van der Waals surface area contributed by atoms with Gasteiger partial charge in [-0.25, -0.2) is 0 Å². The molecule has 0 aromatic heterocycles. The van der Waals surface area contributed by atoms with Gasteiger partial charge in [0.05, 0.1) is 18.4 Å². The van der Waals surface area contributed by atoms with E-state index in [1.165, 1.54) is 0 Å². The molecule has 0 bridgehead atoms. The van der Waals surface area contributed by atoms with Gasteiger partial charge in [-0.2, -0.15) is 0 Å². The predicted molar refractivity (Wildman–Crippen MR) is 77.9 cm³/mol. The lowest BCUT2D eigenvalue weighted by atomic mass is 9.99. The SMILES string of the molecule is OC1CN=C(c2ccccc2)c2ccccc2NC1. The fourth-order valence-corrected chi connectivity index (χ4v) is 2.26. The Labute approximate surface area is 112 Å². The van der Waals surface area contributed by atoms with E-state index in [1.54, 1.807) is 0 Å². The third-order valence-electron chi connectivity index (χ3n) is 3.22. The van der Waals surface area contributed by atoms with Crippen molar-refractivity contribution in [2.24, 2.45) is 4.99 Å². The van der Waals surface area contributed by atoms with Crippen LogP contribution in [0, 0.1) is 0 Å². The molecule has 0 radical (unpaired) electrons. The minimum Gasteiger partial charge on any atom is -0.389 e. The summed E-state index contributed by atoms with van der Waals surface area (Å²) in [4.78, 5) is 4.60. The van der Waals surface area contributed by atoms with Crippen molar-refractivity contribution >= 4 is 11.4 Å². The summed E-state index contributed by atoms with van der Waals surface area (Å²) in [7, 11) is 0. The maximum Gasteiger partial charge on any atom is 0.0907 e. The molecular weight excluding hydrogens is 236 g/mol. The molecule has 0 saturated heterocycles. The zero-order chi connectivity index (χ0) is 13.1. The van der Waals surface area contributed by atoms with E-state index in [9.17, 15) is 5.11 Å². The third kappa shape index (κ3) is 2.51. The third-order valence-corrected chi connectivity index (χ3v) is 3.22. The second kappa shape index (κ2) is 5.24. The van der Waals surface area contributed by atoms with Crippen LogP contribution in [0.5, 0.6) is 0 Å². The van der Waals surface area contributed by atoms with Crippen LogP contribution in [0.2, 0.25) is 0 Å². The van der Waals surface area contributed by atoms with Gasteiger partial charge >= 0.3 is 0 Å². The van der Waals surface area contributed by atoms with Crippen LogP contribution in [0.25, 0.3) is 0 Å². The minimum absolute atomic E-state index is 0.422. The number of aliphatic hydroxyl groups is 1. The molecule has 1 aliphatic heterocycles. The van der Waals surface area contributed by atoms with Crippen LogP contribution in [0.15, 0.2) is 59.6 Å². The van der Waals surface area contributed by atoms with Gasteiger partial charge in [-0.05, 0) is 6.07 Å². The molecule has 0 fully saturated rings. The van der Waals surface area contributed by atoms with Crippen molar-refractivity contribution in [2.75, 3.05) is 18.4 Å². The van der Waals surface area contributed by atoms with Crippen LogP contribution in [0.3, 0.4) is 0 Å². The van der Waals surface area contributed by atoms with Crippen molar-refractivity contribution in [1.82, 2.24) is 0 Å². The molecule has 1 unspecified atom stereocenters. The van der Waals surface area contributed by atoms with Crippen LogP contribution in [0.1, 0.15) is 11.1 Å². The molecule has 0 saturated carbocycles. The maximum absolute atomic E-state index is 9.83. The van der Waals surface area contributed by atoms with E-state index >= 15 is 0 Å². The number of para-hydroxylation sites is 1. The molecule has 0 aliphatic carbocycles. The summed E-state index contributed by atoms with van der Waals surface area (Å²) in [5, 5.41) is 13.1. The molecule has 19 heavy (non-hydrogen) atoms. The van der Waals surface area contributed by atoms with Crippen LogP contribution in [-0.4, -0.2) is 30.0 Å². The molecule has 1 aliphatic rings. The zero-order valence-corrected chi connectivity index (χ0v) is 10.6. The van der Waals surface area contributed by atoms with Crippen molar-refractivity contribution < 1.29 is 5.11 Å². The number of hydrogen-bond donors (Lipinski definition) is 2. The van der Waals surface area contributed by atoms with E-state index in [0.29, 0.717) is 13.1 Å². The number of benzene rings is 2. The van der Waals surface area contributed by atoms with Crippen LogP contribution in [-0.2, 0) is 0 Å². The summed E-state index contributed by atoms with van der Waals surface area (Å²) < 4.78 is 0. The Morgan fingerprint density at radius 2 is 1.74 bits per heavy atom. The number of nitrogens with zero attached hydrogens (tertiary/aromatic N) is 1. The van der Waals surface area contributed by atoms with Gasteiger partial charge < -0.3 is 10.4 Å². The van der Waals surface area contributed by atoms with Gasteiger partial charge in [-0.3, -0.25) is 4.99 Å². The predicted octanol–water partition coefficient (Wildman–Crippen LogP) is 2.31. The molecule has 96 valence electrons. The summed E-state index contributed by atoms with van der Waals surface area (Å²) >= 11 is 0. The van der Waals surface area contributed by atoms with Crippen LogP contribution >= 0.6 is 0 Å². The molecule has 1 atom stereocenters. The lowest BCUT2D eigenvalue weighted by Crippen LogP contribution is -2.26. The first kappa shape index (κ1) is 11.9. The molecule has 3 heteroatoms. The summed E-state index contributed by atoms with van der Waals surface area (Å²) in [6.07, 6.45) is -0.452. The summed E-state index contributed by atoms with van der Waals surface area (Å²) in [6, 6.07) is 18.2. The van der Waals surface area contributed by atoms with E-state index in [-0.39, 0.29) is 0 Å². The number of aliphatic hydroxyl groups excluding tert-OH is 1. The van der Waals surface area contributed by atoms with E-state index in [1.807, 2.05) is 48.5 Å². The lowest BCUT2D eigenvalue weighted by Gasteiger charge is -2.20. The molecule has 2 aromatic carbocycles. The fraction of sp³-hybridized carbons (Fsp3) is 0.188. The Balaban J connectivity index is 2.12. The number of hydrogen-bond acceptors (Lipinski definition) is 3. The fourth-order valence-electron chi connectivity index (χ4n) is 2.26. The largest absolute Gasteiger partial charge is 0.389 e. The minimum atomic E-state index is -0.452. The van der Waals surface area contributed by atoms with Crippen LogP contribution in [0.4, 0.5) is 5.69 Å². The van der Waals surface area contributed by atoms with Gasteiger partial charge in [0, 0.05) is 23.4 Å². The van der Waals surface area contributed by atoms with Crippen LogP contribution < -0.4 is 5.32 Å². The van der Waals surface area contributed by atoms with E-state index in [4.69, 9.17) is 0 Å². The zero-order valence-electron chi connectivity index (χ0n) is 10.6. The Morgan fingerprint density at radius 1 is 1.00 bits per heavy atom. The van der Waals surface area contributed by atoms with Gasteiger partial charge in [-0.1, -0.05) is 48.5 Å². The van der Waals surface area contributed by atoms with Crippen molar-refractivity contribution in [3.8, 4) is 0 Å². The quantitative estimate of drug-likeness (QED) is 0.818. The number of fused-ring (bicyclic) bond motifs is 1. The Bertz CT molecular complexity index is 593. The first-order chi connectivity index (χ1) is 9.34. The highest BCUT2D eigenvalue weighted by Crippen LogP contribution is 2.21. The van der Waals surface area contributed by atoms with Crippen molar-refractivity contribution in [3.05, 3.63) is 65.7 Å². The second-order valence-corrected chi connectivity index (χ2v) is 4.64. The average molecular weight is 252 g/mol. The maximum atomic E-state index is 9.83. The van der Waals surface area contributed by atoms with Gasteiger partial charge in [0.2, 0.25) is 0 Å². The number of β-amino-alcohol motifs (C(OH)–C–C–N with tert-alkyl or cyclic N) is 1. The monoisotopic (exact) mass is 252 g/mol. The molecule has 1 heterocycles. The van der Waals surface area contributed by atoms with Gasteiger partial charge in [0.15, 0.2) is 0 Å². The Morgan fingerprint density at radius 3 is 2.58 bits per heavy atom. The standard InChI is InChI=1S/C16H16N2O/c19-13-10-17-15-9-5-4-8-14(15)16(18-11-13)12-6-2-1-3-7-12/h1-9,13,17,19H,10-11H2.